The number of hydrogen-bond donors (Lipinski definition) is 1. The van der Waals surface area contributed by atoms with Gasteiger partial charge in [0, 0.05) is 4.91 Å². The van der Waals surface area contributed by atoms with Crippen LogP contribution in [-0.4, -0.2) is 13.1 Å². The highest BCUT2D eigenvalue weighted by molar-refractivity contribution is 7.84. The number of ether oxygens (including phenoxy) is 1. The second-order valence-electron chi connectivity index (χ2n) is 2.34. The lowest BCUT2D eigenvalue weighted by Gasteiger charge is -2.10. The molecule has 0 radical (unpaired) electrons. The fourth-order valence-corrected chi connectivity index (χ4v) is 1.26. The van der Waals surface area contributed by atoms with E-state index >= 15 is 0 Å². The second kappa shape index (κ2) is 4.23. The SMILES string of the molecule is O=COCC1=C(S)C=CCC1. The molecule has 1 aliphatic carbocycles. The molecule has 0 fully saturated rings. The highest BCUT2D eigenvalue weighted by atomic mass is 32.1. The molecule has 0 aliphatic heterocycles. The zero-order valence-corrected chi connectivity index (χ0v) is 7.01. The van der Waals surface area contributed by atoms with Gasteiger partial charge in [-0.2, -0.15) is 0 Å². The van der Waals surface area contributed by atoms with Crippen LogP contribution >= 0.6 is 12.6 Å². The highest BCUT2D eigenvalue weighted by Crippen LogP contribution is 2.21. The van der Waals surface area contributed by atoms with Crippen molar-refractivity contribution < 1.29 is 9.53 Å². The van der Waals surface area contributed by atoms with Crippen LogP contribution in [0, 0.1) is 0 Å². The lowest BCUT2D eigenvalue weighted by molar-refractivity contribution is -0.127. The van der Waals surface area contributed by atoms with Gasteiger partial charge in [0.1, 0.15) is 6.61 Å². The predicted molar refractivity (Wildman–Crippen MR) is 46.4 cm³/mol. The first-order chi connectivity index (χ1) is 5.34. The zero-order chi connectivity index (χ0) is 8.10. The van der Waals surface area contributed by atoms with Crippen LogP contribution in [0.3, 0.4) is 0 Å². The summed E-state index contributed by atoms with van der Waals surface area (Å²) in [6.07, 6.45) is 5.97. The molecule has 60 valence electrons. The summed E-state index contributed by atoms with van der Waals surface area (Å²) in [5, 5.41) is 0. The average Bonchev–Trinajstić information content (AvgIpc) is 2.03. The van der Waals surface area contributed by atoms with Crippen molar-refractivity contribution in [3.63, 3.8) is 0 Å². The molecule has 0 spiro atoms. The maximum absolute atomic E-state index is 9.87. The second-order valence-corrected chi connectivity index (χ2v) is 2.82. The Morgan fingerprint density at radius 2 is 2.55 bits per heavy atom. The van der Waals surface area contributed by atoms with Gasteiger partial charge >= 0.3 is 0 Å². The smallest absolute Gasteiger partial charge is 0.293 e. The molecule has 0 aromatic rings. The van der Waals surface area contributed by atoms with Gasteiger partial charge in [0.05, 0.1) is 0 Å². The molecule has 0 aromatic carbocycles. The molecule has 0 N–H and O–H groups in total. The minimum absolute atomic E-state index is 0.382. The topological polar surface area (TPSA) is 26.3 Å². The molecule has 1 rings (SSSR count). The van der Waals surface area contributed by atoms with Crippen molar-refractivity contribution in [1.29, 1.82) is 0 Å². The van der Waals surface area contributed by atoms with E-state index in [9.17, 15) is 4.79 Å². The van der Waals surface area contributed by atoms with Crippen molar-refractivity contribution in [2.45, 2.75) is 12.8 Å². The van der Waals surface area contributed by atoms with Crippen molar-refractivity contribution in [1.82, 2.24) is 0 Å². The predicted octanol–water partition coefficient (Wildman–Crippen LogP) is 1.69. The van der Waals surface area contributed by atoms with Crippen LogP contribution < -0.4 is 0 Å². The van der Waals surface area contributed by atoms with Crippen molar-refractivity contribution in [3.05, 3.63) is 22.6 Å². The Morgan fingerprint density at radius 1 is 1.73 bits per heavy atom. The standard InChI is InChI=1S/C8H10O2S/c9-6-10-5-7-3-1-2-4-8(7)11/h2,4,6,11H,1,3,5H2. The van der Waals surface area contributed by atoms with Crippen LogP contribution in [0.2, 0.25) is 0 Å². The summed E-state index contributed by atoms with van der Waals surface area (Å²) in [5.41, 5.74) is 1.10. The third-order valence-electron chi connectivity index (χ3n) is 1.58. The minimum atomic E-state index is 0.382. The molecule has 2 nitrogen and oxygen atoms in total. The van der Waals surface area contributed by atoms with Gasteiger partial charge in [-0.25, -0.2) is 0 Å². The van der Waals surface area contributed by atoms with Crippen LogP contribution in [0.4, 0.5) is 0 Å². The van der Waals surface area contributed by atoms with Gasteiger partial charge in [-0.1, -0.05) is 12.2 Å². The molecule has 0 unspecified atom stereocenters. The number of carbonyl (C=O) groups is 1. The highest BCUT2D eigenvalue weighted by Gasteiger charge is 2.04. The van der Waals surface area contributed by atoms with E-state index in [-0.39, 0.29) is 0 Å². The summed E-state index contributed by atoms with van der Waals surface area (Å²) in [5.74, 6) is 0. The third kappa shape index (κ3) is 2.42. The summed E-state index contributed by atoms with van der Waals surface area (Å²) in [7, 11) is 0. The van der Waals surface area contributed by atoms with Crippen LogP contribution in [-0.2, 0) is 9.53 Å². The summed E-state index contributed by atoms with van der Waals surface area (Å²) in [6, 6.07) is 0. The first-order valence-electron chi connectivity index (χ1n) is 3.47. The molecule has 3 heteroatoms. The van der Waals surface area contributed by atoms with Gasteiger partial charge in [0.15, 0.2) is 0 Å². The van der Waals surface area contributed by atoms with Crippen molar-refractivity contribution >= 4 is 19.1 Å². The van der Waals surface area contributed by atoms with Gasteiger partial charge in [-0.05, 0) is 18.4 Å². The average molecular weight is 170 g/mol. The molecule has 0 aromatic heterocycles. The molecule has 0 heterocycles. The van der Waals surface area contributed by atoms with Crippen molar-refractivity contribution in [3.8, 4) is 0 Å². The Kier molecular flexibility index (Phi) is 3.23. The summed E-state index contributed by atoms with van der Waals surface area (Å²) < 4.78 is 4.62. The quantitative estimate of drug-likeness (QED) is 0.515. The summed E-state index contributed by atoms with van der Waals surface area (Å²) in [6.45, 7) is 0.846. The Bertz CT molecular complexity index is 206. The number of rotatable bonds is 3. The van der Waals surface area contributed by atoms with Gasteiger partial charge < -0.3 is 4.74 Å². The number of hydrogen-bond acceptors (Lipinski definition) is 3. The van der Waals surface area contributed by atoms with Crippen LogP contribution in [0.15, 0.2) is 22.6 Å². The van der Waals surface area contributed by atoms with Crippen molar-refractivity contribution in [2.24, 2.45) is 0 Å². The van der Waals surface area contributed by atoms with E-state index in [2.05, 4.69) is 23.4 Å². The molecule has 0 atom stereocenters. The minimum Gasteiger partial charge on any atom is -0.463 e. The largest absolute Gasteiger partial charge is 0.463 e. The number of thiol groups is 1. The first-order valence-corrected chi connectivity index (χ1v) is 3.92. The monoisotopic (exact) mass is 170 g/mol. The maximum Gasteiger partial charge on any atom is 0.293 e. The fourth-order valence-electron chi connectivity index (χ4n) is 0.979. The lowest BCUT2D eigenvalue weighted by Crippen LogP contribution is -2.00. The maximum atomic E-state index is 9.87. The molecule has 0 saturated heterocycles. The van der Waals surface area contributed by atoms with E-state index < -0.39 is 0 Å². The van der Waals surface area contributed by atoms with E-state index in [0.717, 1.165) is 23.3 Å². The van der Waals surface area contributed by atoms with Gasteiger partial charge in [0.25, 0.3) is 6.47 Å². The molecule has 11 heavy (non-hydrogen) atoms. The molecular weight excluding hydrogens is 160 g/mol. The van der Waals surface area contributed by atoms with Gasteiger partial charge in [-0.3, -0.25) is 4.79 Å². The zero-order valence-electron chi connectivity index (χ0n) is 6.12. The van der Waals surface area contributed by atoms with Crippen LogP contribution in [0.1, 0.15) is 12.8 Å². The Balaban J connectivity index is 2.52. The van der Waals surface area contributed by atoms with Crippen LogP contribution in [0.25, 0.3) is 0 Å². The molecule has 0 saturated carbocycles. The Labute approximate surface area is 71.3 Å². The Hall–Kier alpha value is -0.700. The van der Waals surface area contributed by atoms with E-state index in [1.54, 1.807) is 0 Å². The van der Waals surface area contributed by atoms with E-state index in [1.807, 2.05) is 6.08 Å². The fraction of sp³-hybridized carbons (Fsp3) is 0.375. The van der Waals surface area contributed by atoms with Gasteiger partial charge in [-0.15, -0.1) is 12.6 Å². The summed E-state index contributed by atoms with van der Waals surface area (Å²) >= 11 is 4.23. The Morgan fingerprint density at radius 3 is 3.18 bits per heavy atom. The number of carbonyl (C=O) groups excluding carboxylic acids is 1. The van der Waals surface area contributed by atoms with Gasteiger partial charge in [0.2, 0.25) is 0 Å². The van der Waals surface area contributed by atoms with E-state index in [1.165, 1.54) is 0 Å². The number of allylic oxidation sites excluding steroid dienone is 2. The molecular formula is C8H10O2S. The molecule has 1 aliphatic rings. The van der Waals surface area contributed by atoms with E-state index in [4.69, 9.17) is 0 Å². The lowest BCUT2D eigenvalue weighted by atomic mass is 10.1. The van der Waals surface area contributed by atoms with E-state index in [0.29, 0.717) is 13.1 Å². The first kappa shape index (κ1) is 8.40. The van der Waals surface area contributed by atoms with Crippen molar-refractivity contribution in [2.75, 3.05) is 6.61 Å². The molecule has 0 bridgehead atoms. The van der Waals surface area contributed by atoms with Crippen LogP contribution in [0.5, 0.6) is 0 Å². The summed E-state index contributed by atoms with van der Waals surface area (Å²) in [4.78, 5) is 10.8. The third-order valence-corrected chi connectivity index (χ3v) is 2.04. The normalized spacial score (nSPS) is 16.8. The molecule has 0 amide bonds.